The van der Waals surface area contributed by atoms with Gasteiger partial charge in [0.05, 0.1) is 6.20 Å². The maximum atomic E-state index is 10.6. The second kappa shape index (κ2) is 4.12. The van der Waals surface area contributed by atoms with Gasteiger partial charge in [-0.25, -0.2) is 4.79 Å². The Hall–Kier alpha value is -2.02. The predicted molar refractivity (Wildman–Crippen MR) is 45.5 cm³/mol. The fourth-order valence-electron chi connectivity index (χ4n) is 0.791. The number of ether oxygens (including phenoxy) is 1. The topological polar surface area (TPSA) is 59.4 Å². The van der Waals surface area contributed by atoms with Gasteiger partial charge in [-0.2, -0.15) is 0 Å². The Balaban J connectivity index is 2.92. The van der Waals surface area contributed by atoms with Gasteiger partial charge in [0.1, 0.15) is 12.2 Å². The van der Waals surface area contributed by atoms with Crippen LogP contribution in [0.3, 0.4) is 0 Å². The molecular formula is C9H7NO3. The minimum atomic E-state index is -1.06. The molecule has 0 unspecified atom stereocenters. The maximum Gasteiger partial charge on any atom is 0.339 e. The fourth-order valence-corrected chi connectivity index (χ4v) is 0.791. The zero-order chi connectivity index (χ0) is 9.68. The highest BCUT2D eigenvalue weighted by Gasteiger charge is 2.09. The first-order chi connectivity index (χ1) is 6.25. The Morgan fingerprint density at radius 1 is 1.77 bits per heavy atom. The van der Waals surface area contributed by atoms with Crippen LogP contribution in [-0.4, -0.2) is 22.7 Å². The highest BCUT2D eigenvalue weighted by molar-refractivity contribution is 5.90. The summed E-state index contributed by atoms with van der Waals surface area (Å²) in [6.07, 6.45) is 7.66. The van der Waals surface area contributed by atoms with Gasteiger partial charge in [-0.3, -0.25) is 4.98 Å². The quantitative estimate of drug-likeness (QED) is 0.693. The van der Waals surface area contributed by atoms with E-state index >= 15 is 0 Å². The Morgan fingerprint density at radius 3 is 3.15 bits per heavy atom. The van der Waals surface area contributed by atoms with Gasteiger partial charge >= 0.3 is 5.97 Å². The molecule has 0 aliphatic heterocycles. The molecule has 13 heavy (non-hydrogen) atoms. The molecule has 1 rings (SSSR count). The molecular weight excluding hydrogens is 170 g/mol. The van der Waals surface area contributed by atoms with E-state index in [4.69, 9.17) is 16.3 Å². The smallest absolute Gasteiger partial charge is 0.339 e. The number of carbonyl (C=O) groups is 1. The third-order valence-corrected chi connectivity index (χ3v) is 1.33. The largest absolute Gasteiger partial charge is 0.478 e. The second-order valence-electron chi connectivity index (χ2n) is 2.17. The van der Waals surface area contributed by atoms with Gasteiger partial charge in [0.25, 0.3) is 0 Å². The highest BCUT2D eigenvalue weighted by Crippen LogP contribution is 2.15. The Kier molecular flexibility index (Phi) is 2.87. The van der Waals surface area contributed by atoms with Crippen LogP contribution in [0.2, 0.25) is 0 Å². The van der Waals surface area contributed by atoms with Gasteiger partial charge < -0.3 is 9.84 Å². The number of terminal acetylenes is 1. The van der Waals surface area contributed by atoms with Crippen molar-refractivity contribution in [3.05, 3.63) is 24.0 Å². The van der Waals surface area contributed by atoms with Gasteiger partial charge in [0, 0.05) is 6.20 Å². The molecule has 1 aromatic rings. The number of rotatable bonds is 3. The third-order valence-electron chi connectivity index (χ3n) is 1.33. The SMILES string of the molecule is C#CCOc1cnccc1C(=O)O. The van der Waals surface area contributed by atoms with Crippen molar-refractivity contribution in [3.63, 3.8) is 0 Å². The lowest BCUT2D eigenvalue weighted by atomic mass is 10.2. The summed E-state index contributed by atoms with van der Waals surface area (Å²) in [6, 6.07) is 1.36. The Bertz CT molecular complexity index is 354. The summed E-state index contributed by atoms with van der Waals surface area (Å²) in [5.74, 6) is 1.37. The summed E-state index contributed by atoms with van der Waals surface area (Å²) in [7, 11) is 0. The molecule has 66 valence electrons. The maximum absolute atomic E-state index is 10.6. The molecule has 0 fully saturated rings. The number of pyridine rings is 1. The lowest BCUT2D eigenvalue weighted by Crippen LogP contribution is -2.03. The third kappa shape index (κ3) is 2.20. The van der Waals surface area contributed by atoms with Crippen LogP contribution in [0.4, 0.5) is 0 Å². The van der Waals surface area contributed by atoms with Gasteiger partial charge in [0.15, 0.2) is 5.75 Å². The molecule has 0 amide bonds. The number of aromatic nitrogens is 1. The number of hydrogen-bond donors (Lipinski definition) is 1. The lowest BCUT2D eigenvalue weighted by molar-refractivity contribution is 0.0692. The number of carboxylic acid groups (broad SMARTS) is 1. The molecule has 0 aliphatic rings. The van der Waals surface area contributed by atoms with Crippen molar-refractivity contribution in [2.75, 3.05) is 6.61 Å². The molecule has 0 bridgehead atoms. The second-order valence-corrected chi connectivity index (χ2v) is 2.17. The van der Waals surface area contributed by atoms with E-state index in [1.807, 2.05) is 0 Å². The standard InChI is InChI=1S/C9H7NO3/c1-2-5-13-8-6-10-4-3-7(8)9(11)12/h1,3-4,6H,5H2,(H,11,12). The Labute approximate surface area is 75.2 Å². The predicted octanol–water partition coefficient (Wildman–Crippen LogP) is 0.792. The van der Waals surface area contributed by atoms with Gasteiger partial charge in [-0.15, -0.1) is 6.42 Å². The van der Waals surface area contributed by atoms with Crippen LogP contribution in [0.1, 0.15) is 10.4 Å². The number of carboxylic acids is 1. The lowest BCUT2D eigenvalue weighted by Gasteiger charge is -2.03. The Morgan fingerprint density at radius 2 is 2.54 bits per heavy atom. The van der Waals surface area contributed by atoms with Crippen molar-refractivity contribution in [2.24, 2.45) is 0 Å². The fraction of sp³-hybridized carbons (Fsp3) is 0.111. The molecule has 0 radical (unpaired) electrons. The van der Waals surface area contributed by atoms with Gasteiger partial charge in [0.2, 0.25) is 0 Å². The summed E-state index contributed by atoms with van der Waals surface area (Å²) in [5, 5.41) is 8.71. The average Bonchev–Trinajstić information content (AvgIpc) is 2.15. The first kappa shape index (κ1) is 9.07. The van der Waals surface area contributed by atoms with Crippen LogP contribution < -0.4 is 4.74 Å². The first-order valence-electron chi connectivity index (χ1n) is 3.49. The number of nitrogens with zero attached hydrogens (tertiary/aromatic N) is 1. The molecule has 4 heteroatoms. The van der Waals surface area contributed by atoms with Crippen molar-refractivity contribution < 1.29 is 14.6 Å². The molecule has 0 aromatic carbocycles. The van der Waals surface area contributed by atoms with Crippen LogP contribution >= 0.6 is 0 Å². The summed E-state index contributed by atoms with van der Waals surface area (Å²) in [6.45, 7) is 0.0337. The highest BCUT2D eigenvalue weighted by atomic mass is 16.5. The molecule has 0 aliphatic carbocycles. The van der Waals surface area contributed by atoms with E-state index in [1.54, 1.807) is 0 Å². The summed E-state index contributed by atoms with van der Waals surface area (Å²) < 4.78 is 4.97. The summed E-state index contributed by atoms with van der Waals surface area (Å²) in [5.41, 5.74) is 0.0604. The molecule has 0 saturated carbocycles. The first-order valence-corrected chi connectivity index (χ1v) is 3.49. The summed E-state index contributed by atoms with van der Waals surface area (Å²) in [4.78, 5) is 14.3. The van der Waals surface area contributed by atoms with E-state index in [-0.39, 0.29) is 17.9 Å². The normalized spacial score (nSPS) is 8.85. The number of aromatic carboxylic acids is 1. The minimum absolute atomic E-state index is 0.0337. The van der Waals surface area contributed by atoms with Crippen LogP contribution in [-0.2, 0) is 0 Å². The molecule has 4 nitrogen and oxygen atoms in total. The zero-order valence-electron chi connectivity index (χ0n) is 6.73. The van der Waals surface area contributed by atoms with Crippen LogP contribution in [0.25, 0.3) is 0 Å². The van der Waals surface area contributed by atoms with Crippen LogP contribution in [0, 0.1) is 12.3 Å². The zero-order valence-corrected chi connectivity index (χ0v) is 6.73. The van der Waals surface area contributed by atoms with Crippen LogP contribution in [0.15, 0.2) is 18.5 Å². The average molecular weight is 177 g/mol. The van der Waals surface area contributed by atoms with Crippen molar-refractivity contribution >= 4 is 5.97 Å². The van der Waals surface area contributed by atoms with E-state index < -0.39 is 5.97 Å². The van der Waals surface area contributed by atoms with Gasteiger partial charge in [-0.1, -0.05) is 5.92 Å². The van der Waals surface area contributed by atoms with Crippen molar-refractivity contribution in [1.82, 2.24) is 4.98 Å². The molecule has 1 heterocycles. The molecule has 0 atom stereocenters. The molecule has 1 aromatic heterocycles. The van der Waals surface area contributed by atoms with Crippen LogP contribution in [0.5, 0.6) is 5.75 Å². The van der Waals surface area contributed by atoms with E-state index in [0.717, 1.165) is 0 Å². The van der Waals surface area contributed by atoms with Crippen molar-refractivity contribution in [1.29, 1.82) is 0 Å². The van der Waals surface area contributed by atoms with Gasteiger partial charge in [-0.05, 0) is 6.07 Å². The van der Waals surface area contributed by atoms with Crippen molar-refractivity contribution in [3.8, 4) is 18.1 Å². The summed E-state index contributed by atoms with van der Waals surface area (Å²) >= 11 is 0. The molecule has 1 N–H and O–H groups in total. The van der Waals surface area contributed by atoms with E-state index in [9.17, 15) is 4.79 Å². The molecule has 0 saturated heterocycles. The monoisotopic (exact) mass is 177 g/mol. The molecule has 0 spiro atoms. The van der Waals surface area contributed by atoms with Crippen molar-refractivity contribution in [2.45, 2.75) is 0 Å². The van der Waals surface area contributed by atoms with E-state index in [2.05, 4.69) is 10.9 Å². The number of hydrogen-bond acceptors (Lipinski definition) is 3. The minimum Gasteiger partial charge on any atom is -0.478 e. The van der Waals surface area contributed by atoms with E-state index in [0.29, 0.717) is 0 Å². The van der Waals surface area contributed by atoms with E-state index in [1.165, 1.54) is 18.5 Å².